The van der Waals surface area contributed by atoms with Gasteiger partial charge in [-0.05, 0) is 78.4 Å². The van der Waals surface area contributed by atoms with Crippen LogP contribution in [0.4, 0.5) is 23.2 Å². The summed E-state index contributed by atoms with van der Waals surface area (Å²) in [4.78, 5) is 27.1. The van der Waals surface area contributed by atoms with Crippen molar-refractivity contribution in [3.8, 4) is 17.6 Å². The van der Waals surface area contributed by atoms with Gasteiger partial charge in [-0.1, -0.05) is 36.1 Å². The van der Waals surface area contributed by atoms with Crippen LogP contribution in [0.15, 0.2) is 72.8 Å². The fourth-order valence-corrected chi connectivity index (χ4v) is 7.19. The van der Waals surface area contributed by atoms with E-state index >= 15 is 0 Å². The second-order valence-corrected chi connectivity index (χ2v) is 17.9. The van der Waals surface area contributed by atoms with Gasteiger partial charge in [-0.3, -0.25) is 9.59 Å². The number of amides is 1. The van der Waals surface area contributed by atoms with E-state index in [1.165, 1.54) is 48.2 Å². The van der Waals surface area contributed by atoms with E-state index in [1.807, 2.05) is 0 Å². The normalized spacial score (nSPS) is 16.9. The first-order valence-corrected chi connectivity index (χ1v) is 21.6. The van der Waals surface area contributed by atoms with Crippen molar-refractivity contribution < 1.29 is 61.3 Å². The molecule has 20 heteroatoms. The number of carbonyl (C=O) groups excluding carboxylic acids is 2. The zero-order valence-corrected chi connectivity index (χ0v) is 32.0. The molecule has 55 heavy (non-hydrogen) atoms. The highest BCUT2D eigenvalue weighted by Gasteiger charge is 2.50. The summed E-state index contributed by atoms with van der Waals surface area (Å²) in [5.74, 6) is 2.54. The van der Waals surface area contributed by atoms with Crippen LogP contribution in [0.5, 0.6) is 5.75 Å². The van der Waals surface area contributed by atoms with Crippen LogP contribution in [-0.2, 0) is 44.5 Å². The Hall–Kier alpha value is -4.55. The molecule has 3 aromatic rings. The Labute approximate surface area is 316 Å². The van der Waals surface area contributed by atoms with E-state index in [1.54, 1.807) is 24.3 Å². The van der Waals surface area contributed by atoms with Crippen LogP contribution in [0.1, 0.15) is 55.0 Å². The largest absolute Gasteiger partial charge is 0.534 e. The van der Waals surface area contributed by atoms with Gasteiger partial charge in [0.15, 0.2) is 0 Å². The van der Waals surface area contributed by atoms with Gasteiger partial charge in [-0.15, -0.1) is 0 Å². The fourth-order valence-electron chi connectivity index (χ4n) is 5.65. The van der Waals surface area contributed by atoms with Crippen molar-refractivity contribution in [3.05, 3.63) is 95.3 Å². The number of nitrogens with one attached hydrogen (secondary N) is 2. The highest BCUT2D eigenvalue weighted by Crippen LogP contribution is 2.47. The summed E-state index contributed by atoms with van der Waals surface area (Å²) >= 11 is 0. The molecule has 0 saturated carbocycles. The molecule has 1 aliphatic rings. The molecule has 1 heterocycles. The molecule has 1 aliphatic heterocycles. The van der Waals surface area contributed by atoms with Crippen molar-refractivity contribution >= 4 is 47.7 Å². The molecular weight excluding hydrogens is 795 g/mol. The molecule has 13 nitrogen and oxygen atoms in total. The molecule has 0 aromatic heterocycles. The Morgan fingerprint density at radius 3 is 1.95 bits per heavy atom. The molecule has 1 amide bonds. The minimum absolute atomic E-state index is 0.0641. The van der Waals surface area contributed by atoms with Crippen LogP contribution < -0.4 is 18.5 Å². The van der Waals surface area contributed by atoms with Crippen LogP contribution in [0.3, 0.4) is 0 Å². The third-order valence-electron chi connectivity index (χ3n) is 8.25. The number of hydrogen-bond donors (Lipinski definition) is 2. The summed E-state index contributed by atoms with van der Waals surface area (Å²) in [6.07, 6.45) is 1.54. The third-order valence-corrected chi connectivity index (χ3v) is 10.6. The average molecular weight is 832 g/mol. The lowest BCUT2D eigenvalue weighted by Crippen LogP contribution is -2.55. The molecule has 3 aromatic carbocycles. The SMILES string of the molecule is CC(=O)OC(CC[C@H]1C(=O)N(c2ccc(C#CCC(CNS(C)(=O)=O)CNS(C)(=O)=O)cc2)[C@@H]1c1ccc(OS(=O)(=O)C(F)(F)F)cc1)c1ccc(F)cc1. The first kappa shape index (κ1) is 43.2. The fraction of sp³-hybridized carbons (Fsp3) is 0.371. The van der Waals surface area contributed by atoms with Crippen molar-refractivity contribution in [1.82, 2.24) is 9.44 Å². The Kier molecular flexibility index (Phi) is 13.7. The number of benzene rings is 3. The zero-order valence-electron chi connectivity index (χ0n) is 29.5. The van der Waals surface area contributed by atoms with Gasteiger partial charge in [-0.25, -0.2) is 30.7 Å². The number of alkyl halides is 3. The molecule has 3 atom stereocenters. The van der Waals surface area contributed by atoms with Crippen molar-refractivity contribution in [2.24, 2.45) is 11.8 Å². The van der Waals surface area contributed by atoms with Gasteiger partial charge >= 0.3 is 21.6 Å². The van der Waals surface area contributed by atoms with Crippen LogP contribution in [0.25, 0.3) is 0 Å². The number of β-lactam (4-membered cyclic amide) rings is 1. The minimum atomic E-state index is -5.93. The van der Waals surface area contributed by atoms with Gasteiger partial charge in [0.1, 0.15) is 17.7 Å². The number of rotatable bonds is 16. The molecule has 4 rings (SSSR count). The van der Waals surface area contributed by atoms with Crippen LogP contribution in [0.2, 0.25) is 0 Å². The van der Waals surface area contributed by atoms with Gasteiger partial charge in [0, 0.05) is 37.7 Å². The predicted octanol–water partition coefficient (Wildman–Crippen LogP) is 4.30. The number of carbonyl (C=O) groups is 2. The summed E-state index contributed by atoms with van der Waals surface area (Å²) in [6.45, 7) is 1.08. The van der Waals surface area contributed by atoms with Gasteiger partial charge in [-0.2, -0.15) is 21.6 Å². The quantitative estimate of drug-likeness (QED) is 0.0528. The van der Waals surface area contributed by atoms with Crippen LogP contribution in [0, 0.1) is 29.5 Å². The molecule has 1 unspecified atom stereocenters. The molecule has 0 radical (unpaired) electrons. The molecule has 2 N–H and O–H groups in total. The first-order chi connectivity index (χ1) is 25.5. The summed E-state index contributed by atoms with van der Waals surface area (Å²) in [7, 11) is -13.0. The van der Waals surface area contributed by atoms with Crippen LogP contribution in [-0.4, -0.2) is 68.2 Å². The van der Waals surface area contributed by atoms with E-state index in [2.05, 4.69) is 25.5 Å². The summed E-state index contributed by atoms with van der Waals surface area (Å²) in [6, 6.07) is 15.7. The molecule has 0 spiro atoms. The Bertz CT molecular complexity index is 2210. The monoisotopic (exact) mass is 831 g/mol. The summed E-state index contributed by atoms with van der Waals surface area (Å²) < 4.78 is 136. The number of sulfonamides is 2. The van der Waals surface area contributed by atoms with E-state index in [9.17, 15) is 52.4 Å². The standard InChI is InChI=1S/C35H37F4N3O10S3/c1-23(43)51-32(26-9-13-28(36)14-10-26)20-19-31-33(27-11-17-30(18-12-27)52-55(49,50)35(37,38)39)42(34(31)44)29-15-7-24(8-16-29)5-4-6-25(21-40-53(2,45)46)22-41-54(3,47)48/h7-18,25,31-33,40-41H,6,19-22H2,1-3H3/t31-,32?,33-/m1/s1. The van der Waals surface area contributed by atoms with Crippen molar-refractivity contribution in [2.45, 2.75) is 43.8 Å². The zero-order chi connectivity index (χ0) is 40.8. The van der Waals surface area contributed by atoms with E-state index < -0.39 is 77.2 Å². The molecular formula is C35H37F4N3O10S3. The minimum Gasteiger partial charge on any atom is -0.458 e. The molecule has 298 valence electrons. The maximum absolute atomic E-state index is 13.7. The lowest BCUT2D eigenvalue weighted by molar-refractivity contribution is -0.147. The lowest BCUT2D eigenvalue weighted by Gasteiger charge is -2.48. The molecule has 0 bridgehead atoms. The van der Waals surface area contributed by atoms with E-state index in [-0.39, 0.29) is 38.3 Å². The Morgan fingerprint density at radius 2 is 1.44 bits per heavy atom. The second-order valence-electron chi connectivity index (χ2n) is 12.7. The van der Waals surface area contributed by atoms with E-state index in [0.717, 1.165) is 24.6 Å². The average Bonchev–Trinajstić information content (AvgIpc) is 3.07. The van der Waals surface area contributed by atoms with Gasteiger partial charge < -0.3 is 13.8 Å². The van der Waals surface area contributed by atoms with E-state index in [0.29, 0.717) is 22.4 Å². The summed E-state index contributed by atoms with van der Waals surface area (Å²) in [5.41, 5.74) is -3.82. The Morgan fingerprint density at radius 1 is 0.873 bits per heavy atom. The third kappa shape index (κ3) is 12.5. The number of halogens is 4. The Balaban J connectivity index is 1.58. The number of ether oxygens (including phenoxy) is 1. The smallest absolute Gasteiger partial charge is 0.458 e. The molecule has 0 aliphatic carbocycles. The number of hydrogen-bond acceptors (Lipinski definition) is 10. The lowest BCUT2D eigenvalue weighted by atomic mass is 9.78. The van der Waals surface area contributed by atoms with E-state index in [4.69, 9.17) is 4.74 Å². The highest BCUT2D eigenvalue weighted by molar-refractivity contribution is 7.89. The van der Waals surface area contributed by atoms with Crippen LogP contribution >= 0.6 is 0 Å². The van der Waals surface area contributed by atoms with Gasteiger partial charge in [0.05, 0.1) is 24.5 Å². The first-order valence-electron chi connectivity index (χ1n) is 16.4. The number of anilines is 1. The predicted molar refractivity (Wildman–Crippen MR) is 193 cm³/mol. The van der Waals surface area contributed by atoms with Crippen molar-refractivity contribution in [3.63, 3.8) is 0 Å². The molecule has 1 fully saturated rings. The van der Waals surface area contributed by atoms with Crippen molar-refractivity contribution in [2.75, 3.05) is 30.5 Å². The van der Waals surface area contributed by atoms with Gasteiger partial charge in [0.2, 0.25) is 26.0 Å². The topological polar surface area (TPSA) is 182 Å². The number of esters is 1. The maximum atomic E-state index is 13.7. The second kappa shape index (κ2) is 17.5. The molecule has 1 saturated heterocycles. The van der Waals surface area contributed by atoms with Crippen molar-refractivity contribution in [1.29, 1.82) is 0 Å². The highest BCUT2D eigenvalue weighted by atomic mass is 32.2. The summed E-state index contributed by atoms with van der Waals surface area (Å²) in [5, 5.41) is 0. The number of nitrogens with zero attached hydrogens (tertiary/aromatic N) is 1. The van der Waals surface area contributed by atoms with Gasteiger partial charge in [0.25, 0.3) is 0 Å². The maximum Gasteiger partial charge on any atom is 0.534 e.